The van der Waals surface area contributed by atoms with Gasteiger partial charge < -0.3 is 10.1 Å². The molecule has 0 saturated heterocycles. The number of para-hydroxylation sites is 1. The zero-order chi connectivity index (χ0) is 15.0. The van der Waals surface area contributed by atoms with E-state index in [-0.39, 0.29) is 6.42 Å². The van der Waals surface area contributed by atoms with E-state index >= 15 is 0 Å². The average molecular weight is 348 g/mol. The number of hydrogen-bond donors (Lipinski definition) is 2. The summed E-state index contributed by atoms with van der Waals surface area (Å²) in [6, 6.07) is 12.4. The van der Waals surface area contributed by atoms with E-state index in [2.05, 4.69) is 20.9 Å². The van der Waals surface area contributed by atoms with E-state index in [0.717, 1.165) is 10.9 Å². The second-order valence-electron chi connectivity index (χ2n) is 4.76. The molecule has 0 fully saturated rings. The van der Waals surface area contributed by atoms with Gasteiger partial charge >= 0.3 is 5.97 Å². The van der Waals surface area contributed by atoms with Crippen molar-refractivity contribution >= 4 is 32.8 Å². The van der Waals surface area contributed by atoms with E-state index in [1.54, 1.807) is 6.07 Å². The maximum atomic E-state index is 14.3. The second kappa shape index (κ2) is 5.33. The number of carboxylic acid groups (broad SMARTS) is 1. The topological polar surface area (TPSA) is 53.1 Å². The largest absolute Gasteiger partial charge is 0.481 e. The van der Waals surface area contributed by atoms with Gasteiger partial charge in [-0.1, -0.05) is 34.1 Å². The number of benzene rings is 2. The van der Waals surface area contributed by atoms with Gasteiger partial charge in [-0.25, -0.2) is 4.39 Å². The molecule has 21 heavy (non-hydrogen) atoms. The highest BCUT2D eigenvalue weighted by Gasteiger charge is 2.16. The van der Waals surface area contributed by atoms with Gasteiger partial charge in [-0.3, -0.25) is 4.79 Å². The normalized spacial score (nSPS) is 11.0. The summed E-state index contributed by atoms with van der Waals surface area (Å²) in [5.74, 6) is -1.45. The first-order valence-corrected chi connectivity index (χ1v) is 7.12. The van der Waals surface area contributed by atoms with Crippen molar-refractivity contribution in [2.45, 2.75) is 6.42 Å². The number of carbonyl (C=O) groups is 1. The molecule has 0 bridgehead atoms. The van der Waals surface area contributed by atoms with Crippen LogP contribution in [0.1, 0.15) is 5.56 Å². The Labute approximate surface area is 128 Å². The third-order valence-electron chi connectivity index (χ3n) is 3.28. The van der Waals surface area contributed by atoms with Gasteiger partial charge in [0.2, 0.25) is 0 Å². The molecule has 2 aromatic carbocycles. The number of hydrogen-bond acceptors (Lipinski definition) is 1. The Morgan fingerprint density at radius 1 is 1.24 bits per heavy atom. The Morgan fingerprint density at radius 3 is 2.71 bits per heavy atom. The number of aliphatic carboxylic acids is 1. The molecule has 0 aliphatic carbocycles. The molecule has 0 aliphatic rings. The van der Waals surface area contributed by atoms with Gasteiger partial charge in [0.1, 0.15) is 5.82 Å². The molecule has 0 amide bonds. The summed E-state index contributed by atoms with van der Waals surface area (Å²) in [6.07, 6.45) is -0.235. The summed E-state index contributed by atoms with van der Waals surface area (Å²) in [6.45, 7) is 0. The van der Waals surface area contributed by atoms with Crippen molar-refractivity contribution in [2.75, 3.05) is 0 Å². The Hall–Kier alpha value is -2.14. The molecule has 3 nitrogen and oxygen atoms in total. The number of rotatable bonds is 3. The van der Waals surface area contributed by atoms with E-state index in [1.165, 1.54) is 6.07 Å². The summed E-state index contributed by atoms with van der Waals surface area (Å²) >= 11 is 3.20. The fraction of sp³-hybridized carbons (Fsp3) is 0.0625. The minimum Gasteiger partial charge on any atom is -0.481 e. The molecule has 0 saturated carbocycles. The summed E-state index contributed by atoms with van der Waals surface area (Å²) < 4.78 is 14.9. The number of fused-ring (bicyclic) bond motifs is 1. The fourth-order valence-electron chi connectivity index (χ4n) is 2.44. The molecule has 5 heteroatoms. The van der Waals surface area contributed by atoms with Crippen LogP contribution in [0.2, 0.25) is 0 Å². The zero-order valence-electron chi connectivity index (χ0n) is 10.9. The summed E-state index contributed by atoms with van der Waals surface area (Å²) in [5, 5.41) is 9.97. The minimum absolute atomic E-state index is 0.235. The van der Waals surface area contributed by atoms with Crippen molar-refractivity contribution in [2.24, 2.45) is 0 Å². The lowest BCUT2D eigenvalue weighted by Gasteiger charge is -2.08. The standard InChI is InChI=1S/C16H11BrFNO2/c17-11-5-10(7-15(20)21)16(12(18)8-11)14-6-9-3-1-2-4-13(9)19-14/h1-6,8,19H,7H2,(H,20,21). The highest BCUT2D eigenvalue weighted by Crippen LogP contribution is 2.32. The van der Waals surface area contributed by atoms with Crippen molar-refractivity contribution in [3.05, 3.63) is 58.3 Å². The average Bonchev–Trinajstić information content (AvgIpc) is 2.80. The number of carboxylic acids is 1. The van der Waals surface area contributed by atoms with Crippen LogP contribution < -0.4 is 0 Å². The molecule has 0 radical (unpaired) electrons. The van der Waals surface area contributed by atoms with Crippen LogP contribution in [0.25, 0.3) is 22.2 Å². The highest BCUT2D eigenvalue weighted by molar-refractivity contribution is 9.10. The number of nitrogens with one attached hydrogen (secondary N) is 1. The van der Waals surface area contributed by atoms with Crippen LogP contribution in [0, 0.1) is 5.82 Å². The van der Waals surface area contributed by atoms with Crippen molar-refractivity contribution in [3.8, 4) is 11.3 Å². The Bertz CT molecular complexity index is 808. The van der Waals surface area contributed by atoms with Crippen molar-refractivity contribution in [1.82, 2.24) is 4.98 Å². The molecule has 0 aliphatic heterocycles. The lowest BCUT2D eigenvalue weighted by molar-refractivity contribution is -0.136. The van der Waals surface area contributed by atoms with Gasteiger partial charge in [0.15, 0.2) is 0 Å². The van der Waals surface area contributed by atoms with E-state index in [1.807, 2.05) is 30.3 Å². The van der Waals surface area contributed by atoms with Crippen LogP contribution in [0.4, 0.5) is 4.39 Å². The van der Waals surface area contributed by atoms with Gasteiger partial charge in [-0.2, -0.15) is 0 Å². The molecule has 3 rings (SSSR count). The molecule has 1 heterocycles. The van der Waals surface area contributed by atoms with E-state index in [4.69, 9.17) is 5.11 Å². The highest BCUT2D eigenvalue weighted by atomic mass is 79.9. The molecule has 0 spiro atoms. The lowest BCUT2D eigenvalue weighted by atomic mass is 10.0. The van der Waals surface area contributed by atoms with Gasteiger partial charge in [0, 0.05) is 26.6 Å². The quantitative estimate of drug-likeness (QED) is 0.739. The smallest absolute Gasteiger partial charge is 0.307 e. The number of H-pyrrole nitrogens is 1. The third-order valence-corrected chi connectivity index (χ3v) is 3.74. The van der Waals surface area contributed by atoms with Crippen LogP contribution in [0.3, 0.4) is 0 Å². The first-order valence-electron chi connectivity index (χ1n) is 6.32. The third kappa shape index (κ3) is 2.69. The molecule has 2 N–H and O–H groups in total. The minimum atomic E-state index is -0.995. The van der Waals surface area contributed by atoms with Crippen LogP contribution in [0.5, 0.6) is 0 Å². The van der Waals surface area contributed by atoms with E-state index in [9.17, 15) is 9.18 Å². The lowest BCUT2D eigenvalue weighted by Crippen LogP contribution is -2.03. The van der Waals surface area contributed by atoms with Crippen molar-refractivity contribution < 1.29 is 14.3 Å². The molecular weight excluding hydrogens is 337 g/mol. The maximum absolute atomic E-state index is 14.3. The van der Waals surface area contributed by atoms with Gasteiger partial charge in [-0.15, -0.1) is 0 Å². The summed E-state index contributed by atoms with van der Waals surface area (Å²) in [4.78, 5) is 14.1. The zero-order valence-corrected chi connectivity index (χ0v) is 12.4. The molecular formula is C16H11BrFNO2. The van der Waals surface area contributed by atoms with Crippen LogP contribution >= 0.6 is 15.9 Å². The molecule has 1 aromatic heterocycles. The first-order chi connectivity index (χ1) is 10.0. The van der Waals surface area contributed by atoms with Crippen molar-refractivity contribution in [3.63, 3.8) is 0 Å². The number of halogens is 2. The molecule has 3 aromatic rings. The van der Waals surface area contributed by atoms with Crippen LogP contribution in [0.15, 0.2) is 46.9 Å². The number of aromatic amines is 1. The van der Waals surface area contributed by atoms with Crippen LogP contribution in [-0.2, 0) is 11.2 Å². The monoisotopic (exact) mass is 347 g/mol. The molecule has 0 atom stereocenters. The Morgan fingerprint density at radius 2 is 2.00 bits per heavy atom. The van der Waals surface area contributed by atoms with Gasteiger partial charge in [0.05, 0.1) is 6.42 Å². The molecule has 0 unspecified atom stereocenters. The summed E-state index contributed by atoms with van der Waals surface area (Å²) in [7, 11) is 0. The number of aromatic nitrogens is 1. The van der Waals surface area contributed by atoms with Gasteiger partial charge in [0.25, 0.3) is 0 Å². The second-order valence-corrected chi connectivity index (χ2v) is 5.68. The fourth-order valence-corrected chi connectivity index (χ4v) is 2.92. The predicted molar refractivity (Wildman–Crippen MR) is 82.7 cm³/mol. The Balaban J connectivity index is 2.22. The van der Waals surface area contributed by atoms with Crippen LogP contribution in [-0.4, -0.2) is 16.1 Å². The van der Waals surface area contributed by atoms with Crippen molar-refractivity contribution in [1.29, 1.82) is 0 Å². The Kier molecular flexibility index (Phi) is 3.51. The SMILES string of the molecule is O=C(O)Cc1cc(Br)cc(F)c1-c1cc2ccccc2[nH]1. The van der Waals surface area contributed by atoms with E-state index in [0.29, 0.717) is 21.3 Å². The van der Waals surface area contributed by atoms with Gasteiger partial charge in [-0.05, 0) is 29.8 Å². The summed E-state index contributed by atoms with van der Waals surface area (Å²) in [5.41, 5.74) is 2.20. The first kappa shape index (κ1) is 13.8. The predicted octanol–water partition coefficient (Wildman–Crippen LogP) is 4.36. The van der Waals surface area contributed by atoms with E-state index < -0.39 is 11.8 Å². The maximum Gasteiger partial charge on any atom is 0.307 e. The molecule has 106 valence electrons.